The van der Waals surface area contributed by atoms with E-state index >= 15 is 0 Å². The van der Waals surface area contributed by atoms with Crippen LogP contribution in [0.5, 0.6) is 11.5 Å². The average Bonchev–Trinajstić information content (AvgIpc) is 2.24. The summed E-state index contributed by atoms with van der Waals surface area (Å²) in [4.78, 5) is 0. The van der Waals surface area contributed by atoms with E-state index < -0.39 is 0 Å². The highest BCUT2D eigenvalue weighted by atomic mass is 16.6. The molecule has 0 radical (unpaired) electrons. The topological polar surface area (TPSA) is 38.7 Å². The lowest BCUT2D eigenvalue weighted by molar-refractivity contribution is 0.0976. The van der Waals surface area contributed by atoms with Gasteiger partial charge in [0.25, 0.3) is 0 Å². The monoisotopic (exact) mass is 198 g/mol. The summed E-state index contributed by atoms with van der Waals surface area (Å²) >= 11 is 0. The molecule has 0 amide bonds. The third kappa shape index (κ3) is 3.26. The second-order valence-electron chi connectivity index (χ2n) is 2.36. The molecule has 0 spiro atoms. The Morgan fingerprint density at radius 3 is 2.29 bits per heavy atom. The maximum atomic E-state index is 8.54. The molecule has 14 heavy (non-hydrogen) atoms. The van der Waals surface area contributed by atoms with Crippen molar-refractivity contribution >= 4 is 0 Å². The van der Waals surface area contributed by atoms with E-state index in [0.717, 1.165) is 11.3 Å². The number of hydrogen-bond acceptors (Lipinski definition) is 3. The first-order chi connectivity index (χ1) is 6.79. The Balaban J connectivity index is 0.000000791. The molecule has 1 rings (SSSR count). The number of hydrogen-bond donors (Lipinski definition) is 1. The summed E-state index contributed by atoms with van der Waals surface area (Å²) in [5.74, 6) is 1.41. The first-order valence-corrected chi connectivity index (χ1v) is 4.67. The van der Waals surface area contributed by atoms with Crippen LogP contribution in [0, 0.1) is 6.92 Å². The van der Waals surface area contributed by atoms with E-state index in [1.54, 1.807) is 13.2 Å². The SMILES string of the molecule is CC.COc1cccc(OCO)c1C. The quantitative estimate of drug-likeness (QED) is 0.758. The van der Waals surface area contributed by atoms with Crippen LogP contribution < -0.4 is 9.47 Å². The van der Waals surface area contributed by atoms with Crippen LogP contribution in [0.3, 0.4) is 0 Å². The van der Waals surface area contributed by atoms with Gasteiger partial charge >= 0.3 is 0 Å². The van der Waals surface area contributed by atoms with Crippen molar-refractivity contribution in [1.82, 2.24) is 0 Å². The molecule has 0 bridgehead atoms. The Labute approximate surface area is 85.3 Å². The summed E-state index contributed by atoms with van der Waals surface area (Å²) in [6.07, 6.45) is 0. The Morgan fingerprint density at radius 2 is 1.79 bits per heavy atom. The summed E-state index contributed by atoms with van der Waals surface area (Å²) in [6, 6.07) is 5.45. The zero-order chi connectivity index (χ0) is 11.0. The molecule has 1 aromatic carbocycles. The molecular formula is C11H18O3. The molecule has 1 N–H and O–H groups in total. The number of aliphatic hydroxyl groups excluding tert-OH is 1. The third-order valence-corrected chi connectivity index (χ3v) is 1.67. The number of methoxy groups -OCH3 is 1. The van der Waals surface area contributed by atoms with Gasteiger partial charge in [-0.3, -0.25) is 0 Å². The van der Waals surface area contributed by atoms with Crippen LogP contribution in [-0.4, -0.2) is 19.0 Å². The Kier molecular flexibility index (Phi) is 6.58. The molecule has 0 aliphatic rings. The zero-order valence-electron chi connectivity index (χ0n) is 9.20. The van der Waals surface area contributed by atoms with E-state index in [1.165, 1.54) is 0 Å². The molecule has 1 aromatic rings. The molecule has 0 aliphatic carbocycles. The predicted octanol–water partition coefficient (Wildman–Crippen LogP) is 2.36. The highest BCUT2D eigenvalue weighted by Gasteiger charge is 2.03. The summed E-state index contributed by atoms with van der Waals surface area (Å²) in [7, 11) is 1.60. The average molecular weight is 198 g/mol. The van der Waals surface area contributed by atoms with Crippen molar-refractivity contribution in [3.8, 4) is 11.5 Å². The van der Waals surface area contributed by atoms with Gasteiger partial charge in [0.05, 0.1) is 7.11 Å². The van der Waals surface area contributed by atoms with E-state index in [4.69, 9.17) is 14.6 Å². The minimum atomic E-state index is -0.312. The van der Waals surface area contributed by atoms with Crippen LogP contribution in [0.1, 0.15) is 19.4 Å². The van der Waals surface area contributed by atoms with Crippen molar-refractivity contribution < 1.29 is 14.6 Å². The summed E-state index contributed by atoms with van der Waals surface area (Å²) in [5, 5.41) is 8.54. The predicted molar refractivity (Wildman–Crippen MR) is 56.8 cm³/mol. The minimum Gasteiger partial charge on any atom is -0.496 e. The first-order valence-electron chi connectivity index (χ1n) is 4.67. The molecule has 80 valence electrons. The van der Waals surface area contributed by atoms with E-state index in [9.17, 15) is 0 Å². The van der Waals surface area contributed by atoms with Crippen molar-refractivity contribution in [3.05, 3.63) is 23.8 Å². The molecule has 0 atom stereocenters. The molecule has 0 fully saturated rings. The number of rotatable bonds is 3. The van der Waals surface area contributed by atoms with Gasteiger partial charge in [-0.25, -0.2) is 0 Å². The molecule has 0 saturated carbocycles. The summed E-state index contributed by atoms with van der Waals surface area (Å²) in [6.45, 7) is 5.57. The lowest BCUT2D eigenvalue weighted by Crippen LogP contribution is -1.97. The van der Waals surface area contributed by atoms with Gasteiger partial charge in [0.2, 0.25) is 0 Å². The van der Waals surface area contributed by atoms with Gasteiger partial charge in [0, 0.05) is 5.56 Å². The fourth-order valence-electron chi connectivity index (χ4n) is 1.04. The molecule has 0 unspecified atom stereocenters. The Bertz CT molecular complexity index is 259. The summed E-state index contributed by atoms with van der Waals surface area (Å²) in [5.41, 5.74) is 0.897. The van der Waals surface area contributed by atoms with Crippen molar-refractivity contribution in [3.63, 3.8) is 0 Å². The van der Waals surface area contributed by atoms with Gasteiger partial charge in [-0.1, -0.05) is 19.9 Å². The van der Waals surface area contributed by atoms with Crippen molar-refractivity contribution in [1.29, 1.82) is 0 Å². The van der Waals surface area contributed by atoms with Crippen LogP contribution in [0.2, 0.25) is 0 Å². The third-order valence-electron chi connectivity index (χ3n) is 1.67. The Morgan fingerprint density at radius 1 is 1.21 bits per heavy atom. The molecule has 3 heteroatoms. The normalized spacial score (nSPS) is 8.64. The first kappa shape index (κ1) is 12.8. The van der Waals surface area contributed by atoms with E-state index in [-0.39, 0.29) is 6.79 Å². The van der Waals surface area contributed by atoms with Gasteiger partial charge in [-0.2, -0.15) is 0 Å². The molecule has 0 saturated heterocycles. The zero-order valence-corrected chi connectivity index (χ0v) is 9.20. The van der Waals surface area contributed by atoms with Gasteiger partial charge in [0.1, 0.15) is 11.5 Å². The molecule has 0 heterocycles. The van der Waals surface area contributed by atoms with Gasteiger partial charge in [0.15, 0.2) is 6.79 Å². The van der Waals surface area contributed by atoms with Gasteiger partial charge in [-0.15, -0.1) is 0 Å². The van der Waals surface area contributed by atoms with Crippen LogP contribution in [0.15, 0.2) is 18.2 Å². The smallest absolute Gasteiger partial charge is 0.186 e. The second-order valence-corrected chi connectivity index (χ2v) is 2.36. The lowest BCUT2D eigenvalue weighted by atomic mass is 10.2. The second kappa shape index (κ2) is 7.21. The largest absolute Gasteiger partial charge is 0.496 e. The lowest BCUT2D eigenvalue weighted by Gasteiger charge is -2.09. The molecule has 0 aliphatic heterocycles. The van der Waals surface area contributed by atoms with Crippen LogP contribution >= 0.6 is 0 Å². The molecular weight excluding hydrogens is 180 g/mol. The number of benzene rings is 1. The van der Waals surface area contributed by atoms with E-state index in [2.05, 4.69) is 0 Å². The highest BCUT2D eigenvalue weighted by molar-refractivity contribution is 5.43. The van der Waals surface area contributed by atoms with Crippen molar-refractivity contribution in [2.75, 3.05) is 13.9 Å². The maximum absolute atomic E-state index is 8.54. The van der Waals surface area contributed by atoms with Crippen molar-refractivity contribution in [2.45, 2.75) is 20.8 Å². The number of ether oxygens (including phenoxy) is 2. The van der Waals surface area contributed by atoms with E-state index in [0.29, 0.717) is 5.75 Å². The maximum Gasteiger partial charge on any atom is 0.186 e. The van der Waals surface area contributed by atoms with Crippen LogP contribution in [-0.2, 0) is 0 Å². The Hall–Kier alpha value is -1.22. The van der Waals surface area contributed by atoms with E-state index in [1.807, 2.05) is 32.9 Å². The fourth-order valence-corrected chi connectivity index (χ4v) is 1.04. The van der Waals surface area contributed by atoms with Crippen LogP contribution in [0.25, 0.3) is 0 Å². The summed E-state index contributed by atoms with van der Waals surface area (Å²) < 4.78 is 10.0. The fraction of sp³-hybridized carbons (Fsp3) is 0.455. The standard InChI is InChI=1S/C9H12O3.C2H6/c1-7-8(11-2)4-3-5-9(7)12-6-10;1-2/h3-5,10H,6H2,1-2H3;1-2H3. The van der Waals surface area contributed by atoms with Gasteiger partial charge in [-0.05, 0) is 19.1 Å². The van der Waals surface area contributed by atoms with Gasteiger partial charge < -0.3 is 14.6 Å². The van der Waals surface area contributed by atoms with Crippen LogP contribution in [0.4, 0.5) is 0 Å². The minimum absolute atomic E-state index is 0.312. The molecule has 3 nitrogen and oxygen atoms in total. The highest BCUT2D eigenvalue weighted by Crippen LogP contribution is 2.26. The number of aliphatic hydroxyl groups is 1. The molecule has 0 aromatic heterocycles. The van der Waals surface area contributed by atoms with Crippen molar-refractivity contribution in [2.24, 2.45) is 0 Å².